The van der Waals surface area contributed by atoms with Gasteiger partial charge >= 0.3 is 0 Å². The summed E-state index contributed by atoms with van der Waals surface area (Å²) in [4.78, 5) is 35.5. The van der Waals surface area contributed by atoms with Gasteiger partial charge in [-0.05, 0) is 20.8 Å². The Balaban J connectivity index is 3.14. The van der Waals surface area contributed by atoms with Gasteiger partial charge in [-0.2, -0.15) is 0 Å². The number of hydrogen-bond acceptors (Lipinski definition) is 4. The zero-order chi connectivity index (χ0) is 14.6. The number of hydrogen-bond donors (Lipinski definition) is 0. The van der Waals surface area contributed by atoms with Crippen LogP contribution in [0.2, 0.25) is 0 Å². The molecule has 0 aromatic carbocycles. The van der Waals surface area contributed by atoms with Crippen molar-refractivity contribution < 1.29 is 9.72 Å². The maximum atomic E-state index is 12.0. The van der Waals surface area contributed by atoms with Gasteiger partial charge in [-0.15, -0.1) is 0 Å². The summed E-state index contributed by atoms with van der Waals surface area (Å²) in [6, 6.07) is 2.27. The Hall–Kier alpha value is -2.18. The second-order valence-corrected chi connectivity index (χ2v) is 4.05. The topological polar surface area (TPSA) is 85.4 Å². The van der Waals surface area contributed by atoms with E-state index in [-0.39, 0.29) is 23.8 Å². The van der Waals surface area contributed by atoms with E-state index in [1.165, 1.54) is 6.92 Å². The van der Waals surface area contributed by atoms with Crippen molar-refractivity contribution in [3.8, 4) is 0 Å². The Bertz CT molecular complexity index is 546. The molecule has 1 amide bonds. The lowest BCUT2D eigenvalue weighted by Gasteiger charge is -2.19. The van der Waals surface area contributed by atoms with Crippen molar-refractivity contribution in [1.29, 1.82) is 0 Å². The van der Waals surface area contributed by atoms with E-state index < -0.39 is 10.5 Å². The number of carbonyl (C=O) groups is 1. The van der Waals surface area contributed by atoms with Gasteiger partial charge in [0.15, 0.2) is 0 Å². The number of nitro groups is 1. The van der Waals surface area contributed by atoms with Crippen molar-refractivity contribution in [2.45, 2.75) is 27.3 Å². The van der Waals surface area contributed by atoms with Crippen LogP contribution in [-0.4, -0.2) is 33.4 Å². The van der Waals surface area contributed by atoms with Gasteiger partial charge in [-0.25, -0.2) is 0 Å². The van der Waals surface area contributed by atoms with Crippen LogP contribution in [-0.2, 0) is 11.3 Å². The lowest BCUT2D eigenvalue weighted by Crippen LogP contribution is -2.36. The molecule has 104 valence electrons. The molecule has 1 heterocycles. The SMILES string of the molecule is CCN(CC)C(=O)Cn1c(C)c([N+](=O)[O-])ccc1=O. The van der Waals surface area contributed by atoms with Crippen LogP contribution in [0.3, 0.4) is 0 Å². The molecule has 1 aromatic heterocycles. The number of amides is 1. The number of nitrogens with zero attached hydrogens (tertiary/aromatic N) is 3. The molecule has 0 saturated heterocycles. The fourth-order valence-electron chi connectivity index (χ4n) is 1.87. The van der Waals surface area contributed by atoms with E-state index in [4.69, 9.17) is 0 Å². The number of pyridine rings is 1. The molecular weight excluding hydrogens is 250 g/mol. The first-order valence-electron chi connectivity index (χ1n) is 6.04. The van der Waals surface area contributed by atoms with E-state index in [0.717, 1.165) is 16.7 Å². The molecule has 1 rings (SSSR count). The summed E-state index contributed by atoms with van der Waals surface area (Å²) >= 11 is 0. The molecule has 0 N–H and O–H groups in total. The summed E-state index contributed by atoms with van der Waals surface area (Å²) in [6.07, 6.45) is 0. The molecule has 0 fully saturated rings. The first kappa shape index (κ1) is 14.9. The summed E-state index contributed by atoms with van der Waals surface area (Å²) in [6.45, 7) is 6.05. The van der Waals surface area contributed by atoms with E-state index >= 15 is 0 Å². The van der Waals surface area contributed by atoms with Crippen LogP contribution in [0, 0.1) is 17.0 Å². The van der Waals surface area contributed by atoms with Crippen LogP contribution in [0.1, 0.15) is 19.5 Å². The van der Waals surface area contributed by atoms with E-state index in [9.17, 15) is 19.7 Å². The standard InChI is InChI=1S/C12H17N3O4/c1-4-13(5-2)12(17)8-14-9(3)10(15(18)19)6-7-11(14)16/h6-7H,4-5,8H2,1-3H3. The maximum absolute atomic E-state index is 12.0. The van der Waals surface area contributed by atoms with Gasteiger partial charge in [0, 0.05) is 25.2 Å². The molecule has 0 spiro atoms. The highest BCUT2D eigenvalue weighted by molar-refractivity contribution is 5.76. The molecule has 7 nitrogen and oxygen atoms in total. The molecule has 0 unspecified atom stereocenters. The normalized spacial score (nSPS) is 10.3. The third-order valence-electron chi connectivity index (χ3n) is 3.03. The monoisotopic (exact) mass is 267 g/mol. The van der Waals surface area contributed by atoms with E-state index in [0.29, 0.717) is 13.1 Å². The zero-order valence-electron chi connectivity index (χ0n) is 11.3. The Labute approximate surface area is 110 Å². The average Bonchev–Trinajstić information content (AvgIpc) is 2.35. The van der Waals surface area contributed by atoms with Crippen molar-refractivity contribution in [3.63, 3.8) is 0 Å². The molecule has 0 saturated carbocycles. The number of carbonyl (C=O) groups excluding carboxylic acids is 1. The smallest absolute Gasteiger partial charge is 0.288 e. The number of likely N-dealkylation sites (N-methyl/N-ethyl adjacent to an activating group) is 1. The Kier molecular flexibility index (Phi) is 4.80. The van der Waals surface area contributed by atoms with Gasteiger partial charge in [0.25, 0.3) is 11.2 Å². The molecule has 0 aliphatic carbocycles. The highest BCUT2D eigenvalue weighted by Gasteiger charge is 2.18. The minimum atomic E-state index is -0.562. The van der Waals surface area contributed by atoms with Crippen LogP contribution >= 0.6 is 0 Å². The van der Waals surface area contributed by atoms with Crippen LogP contribution in [0.4, 0.5) is 5.69 Å². The predicted molar refractivity (Wildman–Crippen MR) is 70.0 cm³/mol. The fraction of sp³-hybridized carbons (Fsp3) is 0.500. The molecule has 1 aromatic rings. The summed E-state index contributed by atoms with van der Waals surface area (Å²) < 4.78 is 1.14. The minimum absolute atomic E-state index is 0.160. The largest absolute Gasteiger partial charge is 0.342 e. The second kappa shape index (κ2) is 6.12. The highest BCUT2D eigenvalue weighted by Crippen LogP contribution is 2.14. The Morgan fingerprint density at radius 3 is 2.42 bits per heavy atom. The van der Waals surface area contributed by atoms with E-state index in [1.807, 2.05) is 13.8 Å². The molecule has 0 bridgehead atoms. The summed E-state index contributed by atoms with van der Waals surface area (Å²) in [5.41, 5.74) is -0.381. The maximum Gasteiger partial charge on any atom is 0.288 e. The molecule has 0 radical (unpaired) electrons. The van der Waals surface area contributed by atoms with Crippen LogP contribution < -0.4 is 5.56 Å². The third-order valence-corrected chi connectivity index (χ3v) is 3.03. The van der Waals surface area contributed by atoms with Crippen molar-refractivity contribution in [3.05, 3.63) is 38.3 Å². The Morgan fingerprint density at radius 1 is 1.37 bits per heavy atom. The van der Waals surface area contributed by atoms with Gasteiger partial charge in [-0.3, -0.25) is 24.3 Å². The third kappa shape index (κ3) is 3.18. The van der Waals surface area contributed by atoms with Gasteiger partial charge in [0.05, 0.1) is 10.6 Å². The first-order valence-corrected chi connectivity index (χ1v) is 6.04. The van der Waals surface area contributed by atoms with Crippen molar-refractivity contribution in [2.75, 3.05) is 13.1 Å². The highest BCUT2D eigenvalue weighted by atomic mass is 16.6. The van der Waals surface area contributed by atoms with Crippen LogP contribution in [0.25, 0.3) is 0 Å². The van der Waals surface area contributed by atoms with Crippen molar-refractivity contribution in [2.24, 2.45) is 0 Å². The molecule has 19 heavy (non-hydrogen) atoms. The van der Waals surface area contributed by atoms with Gasteiger partial charge < -0.3 is 4.90 Å². The van der Waals surface area contributed by atoms with Crippen molar-refractivity contribution in [1.82, 2.24) is 9.47 Å². The van der Waals surface area contributed by atoms with Gasteiger partial charge in [0.2, 0.25) is 5.91 Å². The fourth-order valence-corrected chi connectivity index (χ4v) is 1.87. The van der Waals surface area contributed by atoms with Gasteiger partial charge in [0.1, 0.15) is 6.54 Å². The lowest BCUT2D eigenvalue weighted by atomic mass is 10.3. The van der Waals surface area contributed by atoms with E-state index in [2.05, 4.69) is 0 Å². The van der Waals surface area contributed by atoms with Crippen LogP contribution in [0.15, 0.2) is 16.9 Å². The molecular formula is C12H17N3O4. The summed E-state index contributed by atoms with van der Waals surface area (Å²) in [5, 5.41) is 10.8. The molecule has 7 heteroatoms. The minimum Gasteiger partial charge on any atom is -0.342 e. The molecule has 0 aliphatic heterocycles. The quantitative estimate of drug-likeness (QED) is 0.586. The summed E-state index contributed by atoms with van der Waals surface area (Å²) in [5.74, 6) is -0.226. The van der Waals surface area contributed by atoms with Crippen LogP contribution in [0.5, 0.6) is 0 Å². The predicted octanol–water partition coefficient (Wildman–Crippen LogP) is 0.933. The lowest BCUT2D eigenvalue weighted by molar-refractivity contribution is -0.386. The van der Waals surface area contributed by atoms with Crippen molar-refractivity contribution >= 4 is 11.6 Å². The zero-order valence-corrected chi connectivity index (χ0v) is 11.3. The number of rotatable bonds is 5. The van der Waals surface area contributed by atoms with E-state index in [1.54, 1.807) is 4.90 Å². The molecule has 0 atom stereocenters. The second-order valence-electron chi connectivity index (χ2n) is 4.05. The first-order chi connectivity index (χ1) is 8.92. The summed E-state index contributed by atoms with van der Waals surface area (Å²) in [7, 11) is 0. The van der Waals surface area contributed by atoms with Gasteiger partial charge in [-0.1, -0.05) is 0 Å². The average molecular weight is 267 g/mol. The number of aromatic nitrogens is 1. The molecule has 0 aliphatic rings. The Morgan fingerprint density at radius 2 is 1.95 bits per heavy atom.